The Hall–Kier alpha value is -3.73. The minimum Gasteiger partial charge on any atom is -0.507 e. The second-order valence-corrected chi connectivity index (χ2v) is 6.02. The molecule has 0 bridgehead atoms. The highest BCUT2D eigenvalue weighted by Gasteiger charge is 2.19. The van der Waals surface area contributed by atoms with Crippen molar-refractivity contribution in [1.29, 1.82) is 0 Å². The SMILES string of the molecule is Nc1ccc(NC(=O)c2ccccc2)c2c(O)c3ccccc3c(O)c12. The maximum absolute atomic E-state index is 12.5. The number of hydrogen-bond donors (Lipinski definition) is 4. The fourth-order valence-electron chi connectivity index (χ4n) is 3.17. The summed E-state index contributed by atoms with van der Waals surface area (Å²) < 4.78 is 0. The van der Waals surface area contributed by atoms with Crippen molar-refractivity contribution in [3.05, 3.63) is 72.3 Å². The third-order valence-corrected chi connectivity index (χ3v) is 4.43. The Morgan fingerprint density at radius 2 is 1.35 bits per heavy atom. The second kappa shape index (κ2) is 5.97. The number of carbonyl (C=O) groups is 1. The van der Waals surface area contributed by atoms with E-state index in [0.29, 0.717) is 38.5 Å². The van der Waals surface area contributed by atoms with Crippen molar-refractivity contribution in [1.82, 2.24) is 0 Å². The first-order chi connectivity index (χ1) is 12.6. The van der Waals surface area contributed by atoms with Gasteiger partial charge in [-0.25, -0.2) is 0 Å². The third kappa shape index (κ3) is 2.38. The van der Waals surface area contributed by atoms with E-state index in [4.69, 9.17) is 5.73 Å². The summed E-state index contributed by atoms with van der Waals surface area (Å²) >= 11 is 0. The van der Waals surface area contributed by atoms with Crippen LogP contribution in [0.3, 0.4) is 0 Å². The van der Waals surface area contributed by atoms with Gasteiger partial charge < -0.3 is 21.3 Å². The summed E-state index contributed by atoms with van der Waals surface area (Å²) in [5.41, 5.74) is 7.22. The Bertz CT molecular complexity index is 1150. The van der Waals surface area contributed by atoms with Crippen LogP contribution in [0.5, 0.6) is 11.5 Å². The van der Waals surface area contributed by atoms with Crippen molar-refractivity contribution < 1.29 is 15.0 Å². The average Bonchev–Trinajstić information content (AvgIpc) is 2.68. The molecule has 128 valence electrons. The van der Waals surface area contributed by atoms with E-state index in [0.717, 1.165) is 0 Å². The molecule has 4 aromatic rings. The van der Waals surface area contributed by atoms with Crippen molar-refractivity contribution in [3.63, 3.8) is 0 Å². The quantitative estimate of drug-likeness (QED) is 0.248. The van der Waals surface area contributed by atoms with Crippen LogP contribution in [-0.2, 0) is 0 Å². The number of amides is 1. The molecule has 0 aromatic heterocycles. The lowest BCUT2D eigenvalue weighted by Gasteiger charge is -2.15. The molecule has 1 amide bonds. The Morgan fingerprint density at radius 1 is 0.769 bits per heavy atom. The maximum atomic E-state index is 12.5. The molecule has 0 fully saturated rings. The molecule has 0 aliphatic heterocycles. The lowest BCUT2D eigenvalue weighted by Crippen LogP contribution is -2.12. The number of carbonyl (C=O) groups excluding carboxylic acids is 1. The zero-order chi connectivity index (χ0) is 18.3. The Kier molecular flexibility index (Phi) is 3.62. The Balaban J connectivity index is 1.97. The minimum atomic E-state index is -0.316. The Labute approximate surface area is 149 Å². The predicted octanol–water partition coefficient (Wildman–Crippen LogP) is 4.24. The molecule has 0 unspecified atom stereocenters. The van der Waals surface area contributed by atoms with E-state index in [1.165, 1.54) is 0 Å². The van der Waals surface area contributed by atoms with Gasteiger partial charge in [-0.3, -0.25) is 4.79 Å². The van der Waals surface area contributed by atoms with Crippen molar-refractivity contribution >= 4 is 38.8 Å². The fourth-order valence-corrected chi connectivity index (χ4v) is 3.17. The smallest absolute Gasteiger partial charge is 0.255 e. The fraction of sp³-hybridized carbons (Fsp3) is 0. The number of nitrogens with one attached hydrogen (secondary N) is 1. The maximum Gasteiger partial charge on any atom is 0.255 e. The van der Waals surface area contributed by atoms with E-state index in [9.17, 15) is 15.0 Å². The number of nitrogens with two attached hydrogens (primary N) is 1. The lowest BCUT2D eigenvalue weighted by atomic mass is 9.98. The number of benzene rings is 4. The largest absolute Gasteiger partial charge is 0.507 e. The van der Waals surface area contributed by atoms with Crippen LogP contribution >= 0.6 is 0 Å². The van der Waals surface area contributed by atoms with Crippen LogP contribution in [0.4, 0.5) is 11.4 Å². The van der Waals surface area contributed by atoms with Crippen LogP contribution in [0.2, 0.25) is 0 Å². The first-order valence-corrected chi connectivity index (χ1v) is 8.09. The van der Waals surface area contributed by atoms with Crippen LogP contribution in [0, 0.1) is 0 Å². The van der Waals surface area contributed by atoms with E-state index in [-0.39, 0.29) is 17.4 Å². The summed E-state index contributed by atoms with van der Waals surface area (Å²) in [5, 5.41) is 25.9. The lowest BCUT2D eigenvalue weighted by molar-refractivity contribution is 0.102. The molecule has 5 nitrogen and oxygen atoms in total. The number of phenols is 2. The average molecular weight is 344 g/mol. The first-order valence-electron chi connectivity index (χ1n) is 8.09. The summed E-state index contributed by atoms with van der Waals surface area (Å²) in [7, 11) is 0. The topological polar surface area (TPSA) is 95.6 Å². The van der Waals surface area contributed by atoms with Crippen LogP contribution < -0.4 is 11.1 Å². The van der Waals surface area contributed by atoms with E-state index in [1.54, 1.807) is 60.7 Å². The van der Waals surface area contributed by atoms with E-state index in [2.05, 4.69) is 5.32 Å². The molecule has 0 heterocycles. The molecular formula is C21H16N2O3. The van der Waals surface area contributed by atoms with Gasteiger partial charge in [0.1, 0.15) is 11.5 Å². The molecule has 5 heteroatoms. The summed E-state index contributed by atoms with van der Waals surface area (Å²) in [6.45, 7) is 0. The van der Waals surface area contributed by atoms with Crippen LogP contribution in [0.1, 0.15) is 10.4 Å². The molecule has 0 saturated carbocycles. The molecule has 4 aromatic carbocycles. The van der Waals surface area contributed by atoms with Crippen LogP contribution in [-0.4, -0.2) is 16.1 Å². The normalized spacial score (nSPS) is 10.9. The monoisotopic (exact) mass is 344 g/mol. The number of aromatic hydroxyl groups is 2. The van der Waals surface area contributed by atoms with Gasteiger partial charge in [-0.05, 0) is 24.3 Å². The molecule has 0 radical (unpaired) electrons. The molecule has 5 N–H and O–H groups in total. The van der Waals surface area contributed by atoms with Crippen LogP contribution in [0.15, 0.2) is 66.7 Å². The van der Waals surface area contributed by atoms with Crippen molar-refractivity contribution in [2.45, 2.75) is 0 Å². The van der Waals surface area contributed by atoms with Gasteiger partial charge >= 0.3 is 0 Å². The predicted molar refractivity (Wildman–Crippen MR) is 104 cm³/mol. The van der Waals surface area contributed by atoms with Gasteiger partial charge in [-0.1, -0.05) is 42.5 Å². The summed E-state index contributed by atoms with van der Waals surface area (Å²) in [6.07, 6.45) is 0. The summed E-state index contributed by atoms with van der Waals surface area (Å²) in [6, 6.07) is 18.9. The van der Waals surface area contributed by atoms with E-state index in [1.807, 2.05) is 6.07 Å². The zero-order valence-corrected chi connectivity index (χ0v) is 13.7. The summed E-state index contributed by atoms with van der Waals surface area (Å²) in [5.74, 6) is -0.380. The molecule has 4 rings (SSSR count). The number of nitrogen functional groups attached to an aromatic ring is 1. The van der Waals surface area contributed by atoms with Gasteiger partial charge in [0.05, 0.1) is 16.5 Å². The number of phenolic OH excluding ortho intramolecular Hbond substituents is 2. The number of fused-ring (bicyclic) bond motifs is 2. The third-order valence-electron chi connectivity index (χ3n) is 4.43. The van der Waals surface area contributed by atoms with Gasteiger partial charge in [-0.2, -0.15) is 0 Å². The highest BCUT2D eigenvalue weighted by atomic mass is 16.3. The highest BCUT2D eigenvalue weighted by molar-refractivity contribution is 6.20. The van der Waals surface area contributed by atoms with Gasteiger partial charge in [-0.15, -0.1) is 0 Å². The van der Waals surface area contributed by atoms with Crippen molar-refractivity contribution in [2.24, 2.45) is 0 Å². The number of hydrogen-bond acceptors (Lipinski definition) is 4. The molecule has 0 aliphatic carbocycles. The van der Waals surface area contributed by atoms with Gasteiger partial charge in [0.15, 0.2) is 0 Å². The molecule has 0 saturated heterocycles. The van der Waals surface area contributed by atoms with Gasteiger partial charge in [0, 0.05) is 22.0 Å². The molecule has 0 atom stereocenters. The molecular weight excluding hydrogens is 328 g/mol. The summed E-state index contributed by atoms with van der Waals surface area (Å²) in [4.78, 5) is 12.5. The molecule has 0 aliphatic rings. The number of anilines is 2. The van der Waals surface area contributed by atoms with Gasteiger partial charge in [0.2, 0.25) is 0 Å². The minimum absolute atomic E-state index is 0.0262. The standard InChI is InChI=1S/C21H16N2O3/c22-15-10-11-16(23-21(26)12-6-2-1-3-7-12)18-17(15)19(24)13-8-4-5-9-14(13)20(18)25/h1-11,24-25H,22H2,(H,23,26). The first kappa shape index (κ1) is 15.8. The Morgan fingerprint density at radius 3 is 2.00 bits per heavy atom. The second-order valence-electron chi connectivity index (χ2n) is 6.02. The molecule has 0 spiro atoms. The highest BCUT2D eigenvalue weighted by Crippen LogP contribution is 2.46. The van der Waals surface area contributed by atoms with Gasteiger partial charge in [0.25, 0.3) is 5.91 Å². The van der Waals surface area contributed by atoms with E-state index >= 15 is 0 Å². The van der Waals surface area contributed by atoms with Crippen molar-refractivity contribution in [3.8, 4) is 11.5 Å². The van der Waals surface area contributed by atoms with Crippen LogP contribution in [0.25, 0.3) is 21.5 Å². The number of rotatable bonds is 2. The zero-order valence-electron chi connectivity index (χ0n) is 13.7. The van der Waals surface area contributed by atoms with Crippen molar-refractivity contribution in [2.75, 3.05) is 11.1 Å². The van der Waals surface area contributed by atoms with E-state index < -0.39 is 0 Å². The molecule has 26 heavy (non-hydrogen) atoms.